The Kier molecular flexibility index (Phi) is 5.71. The van der Waals surface area contributed by atoms with Crippen LogP contribution in [0.2, 0.25) is 0 Å². The van der Waals surface area contributed by atoms with Crippen molar-refractivity contribution in [1.82, 2.24) is 10.2 Å². The van der Waals surface area contributed by atoms with Crippen LogP contribution >= 0.6 is 11.8 Å². The average molecular weight is 319 g/mol. The third-order valence-electron chi connectivity index (χ3n) is 2.79. The van der Waals surface area contributed by atoms with Gasteiger partial charge in [-0.25, -0.2) is 0 Å². The molecule has 1 aromatic carbocycles. The van der Waals surface area contributed by atoms with Gasteiger partial charge < -0.3 is 9.73 Å². The molecule has 2 rings (SSSR count). The zero-order valence-corrected chi connectivity index (χ0v) is 13.3. The van der Waals surface area contributed by atoms with E-state index in [4.69, 9.17) is 4.42 Å². The van der Waals surface area contributed by atoms with Crippen LogP contribution < -0.4 is 5.32 Å². The number of aromatic nitrogens is 2. The molecule has 1 heterocycles. The predicted molar refractivity (Wildman–Crippen MR) is 84.1 cm³/mol. The number of amides is 1. The molecule has 0 radical (unpaired) electrons. The Morgan fingerprint density at radius 3 is 2.86 bits per heavy atom. The second-order valence-electron chi connectivity index (χ2n) is 4.69. The number of Topliss-reactive ketones (excluding diaryl/α,β-unsaturated/α-hetero) is 1. The predicted octanol–water partition coefficient (Wildman–Crippen LogP) is 2.96. The standard InChI is InChI=1S/C15H17N3O3S/c1-3-5-14-17-18-15(21-14)22-9-13(20)16-12-7-4-6-11(8-12)10(2)19/h4,6-8H,3,5,9H2,1-2H3,(H,16,20). The van der Waals surface area contributed by atoms with E-state index in [1.807, 2.05) is 6.92 Å². The Bertz CT molecular complexity index is 670. The highest BCUT2D eigenvalue weighted by Crippen LogP contribution is 2.17. The SMILES string of the molecule is CCCc1nnc(SCC(=O)Nc2cccc(C(C)=O)c2)o1. The van der Waals surface area contributed by atoms with E-state index < -0.39 is 0 Å². The van der Waals surface area contributed by atoms with Crippen LogP contribution in [0.3, 0.4) is 0 Å². The topological polar surface area (TPSA) is 85.1 Å². The van der Waals surface area contributed by atoms with E-state index >= 15 is 0 Å². The third-order valence-corrected chi connectivity index (χ3v) is 3.61. The summed E-state index contributed by atoms with van der Waals surface area (Å²) in [6.07, 6.45) is 1.66. The molecule has 116 valence electrons. The van der Waals surface area contributed by atoms with Crippen LogP contribution in [0.4, 0.5) is 5.69 Å². The van der Waals surface area contributed by atoms with Crippen LogP contribution in [0.5, 0.6) is 0 Å². The van der Waals surface area contributed by atoms with Crippen LogP contribution in [0.25, 0.3) is 0 Å². The molecule has 0 saturated heterocycles. The van der Waals surface area contributed by atoms with Crippen LogP contribution in [0, 0.1) is 0 Å². The van der Waals surface area contributed by atoms with Gasteiger partial charge in [-0.15, -0.1) is 10.2 Å². The van der Waals surface area contributed by atoms with E-state index in [2.05, 4.69) is 15.5 Å². The Morgan fingerprint density at radius 1 is 1.32 bits per heavy atom. The third kappa shape index (κ3) is 4.70. The molecule has 0 aliphatic rings. The highest BCUT2D eigenvalue weighted by Gasteiger charge is 2.10. The van der Waals surface area contributed by atoms with Crippen molar-refractivity contribution in [3.8, 4) is 0 Å². The highest BCUT2D eigenvalue weighted by molar-refractivity contribution is 7.99. The number of rotatable bonds is 7. The second-order valence-corrected chi connectivity index (χ2v) is 5.61. The first-order valence-electron chi connectivity index (χ1n) is 6.94. The molecular formula is C15H17N3O3S. The van der Waals surface area contributed by atoms with Gasteiger partial charge >= 0.3 is 0 Å². The van der Waals surface area contributed by atoms with Crippen LogP contribution in [-0.4, -0.2) is 27.6 Å². The first kappa shape index (κ1) is 16.2. The van der Waals surface area contributed by atoms with Gasteiger partial charge in [0, 0.05) is 17.7 Å². The summed E-state index contributed by atoms with van der Waals surface area (Å²) >= 11 is 1.19. The van der Waals surface area contributed by atoms with Gasteiger partial charge in [0.2, 0.25) is 11.8 Å². The minimum atomic E-state index is -0.194. The zero-order chi connectivity index (χ0) is 15.9. The van der Waals surface area contributed by atoms with E-state index in [0.717, 1.165) is 12.8 Å². The maximum Gasteiger partial charge on any atom is 0.277 e. The van der Waals surface area contributed by atoms with Crippen molar-refractivity contribution in [2.75, 3.05) is 11.1 Å². The van der Waals surface area contributed by atoms with E-state index in [1.165, 1.54) is 18.7 Å². The maximum absolute atomic E-state index is 11.9. The van der Waals surface area contributed by atoms with Gasteiger partial charge in [-0.3, -0.25) is 9.59 Å². The lowest BCUT2D eigenvalue weighted by molar-refractivity contribution is -0.113. The van der Waals surface area contributed by atoms with Gasteiger partial charge in [0.25, 0.3) is 5.22 Å². The lowest BCUT2D eigenvalue weighted by Crippen LogP contribution is -2.14. The van der Waals surface area contributed by atoms with Crippen molar-refractivity contribution in [2.24, 2.45) is 0 Å². The molecule has 0 bridgehead atoms. The maximum atomic E-state index is 11.9. The Balaban J connectivity index is 1.87. The molecule has 0 fully saturated rings. The van der Waals surface area contributed by atoms with Crippen molar-refractivity contribution < 1.29 is 14.0 Å². The number of carbonyl (C=O) groups excluding carboxylic acids is 2. The summed E-state index contributed by atoms with van der Waals surface area (Å²) in [5, 5.41) is 10.9. The fourth-order valence-electron chi connectivity index (χ4n) is 1.75. The molecule has 6 nitrogen and oxygen atoms in total. The van der Waals surface area contributed by atoms with Crippen molar-refractivity contribution >= 4 is 29.1 Å². The molecule has 0 aliphatic heterocycles. The number of aryl methyl sites for hydroxylation is 1. The summed E-state index contributed by atoms with van der Waals surface area (Å²) in [5.41, 5.74) is 1.15. The summed E-state index contributed by atoms with van der Waals surface area (Å²) < 4.78 is 5.39. The van der Waals surface area contributed by atoms with Gasteiger partial charge in [0.15, 0.2) is 5.78 Å². The molecule has 22 heavy (non-hydrogen) atoms. The molecule has 1 amide bonds. The Morgan fingerprint density at radius 2 is 2.14 bits per heavy atom. The number of carbonyl (C=O) groups is 2. The highest BCUT2D eigenvalue weighted by atomic mass is 32.2. The Labute approximate surface area is 132 Å². The molecule has 0 saturated carbocycles. The first-order valence-corrected chi connectivity index (χ1v) is 7.93. The summed E-state index contributed by atoms with van der Waals surface area (Å²) in [4.78, 5) is 23.2. The molecule has 7 heteroatoms. The number of ketones is 1. The molecule has 0 atom stereocenters. The number of hydrogen-bond acceptors (Lipinski definition) is 6. The number of nitrogens with zero attached hydrogens (tertiary/aromatic N) is 2. The second kappa shape index (κ2) is 7.74. The fourth-order valence-corrected chi connectivity index (χ4v) is 2.33. The number of hydrogen-bond donors (Lipinski definition) is 1. The minimum Gasteiger partial charge on any atom is -0.416 e. The van der Waals surface area contributed by atoms with Crippen molar-refractivity contribution in [1.29, 1.82) is 0 Å². The van der Waals surface area contributed by atoms with Gasteiger partial charge in [-0.2, -0.15) is 0 Å². The van der Waals surface area contributed by atoms with Gasteiger partial charge in [-0.05, 0) is 25.5 Å². The van der Waals surface area contributed by atoms with E-state index in [0.29, 0.717) is 22.4 Å². The molecular weight excluding hydrogens is 302 g/mol. The van der Waals surface area contributed by atoms with E-state index in [-0.39, 0.29) is 17.4 Å². The number of thioether (sulfide) groups is 1. The molecule has 1 aromatic heterocycles. The van der Waals surface area contributed by atoms with Crippen molar-refractivity contribution in [3.63, 3.8) is 0 Å². The quantitative estimate of drug-likeness (QED) is 0.624. The van der Waals surface area contributed by atoms with Gasteiger partial charge in [0.05, 0.1) is 5.75 Å². The summed E-state index contributed by atoms with van der Waals surface area (Å²) in [6, 6.07) is 6.83. The van der Waals surface area contributed by atoms with Crippen LogP contribution in [0.15, 0.2) is 33.9 Å². The smallest absolute Gasteiger partial charge is 0.277 e. The number of benzene rings is 1. The number of nitrogens with one attached hydrogen (secondary N) is 1. The number of anilines is 1. The zero-order valence-electron chi connectivity index (χ0n) is 12.5. The molecule has 2 aromatic rings. The lowest BCUT2D eigenvalue weighted by Gasteiger charge is -2.05. The Hall–Kier alpha value is -2.15. The summed E-state index contributed by atoms with van der Waals surface area (Å²) in [5.74, 6) is 0.512. The molecule has 0 aliphatic carbocycles. The molecule has 0 unspecified atom stereocenters. The van der Waals surface area contributed by atoms with Gasteiger partial charge in [-0.1, -0.05) is 30.8 Å². The fraction of sp³-hybridized carbons (Fsp3) is 0.333. The van der Waals surface area contributed by atoms with Gasteiger partial charge in [0.1, 0.15) is 0 Å². The minimum absolute atomic E-state index is 0.0419. The van der Waals surface area contributed by atoms with E-state index in [1.54, 1.807) is 24.3 Å². The van der Waals surface area contributed by atoms with Crippen molar-refractivity contribution in [3.05, 3.63) is 35.7 Å². The van der Waals surface area contributed by atoms with Crippen LogP contribution in [-0.2, 0) is 11.2 Å². The summed E-state index contributed by atoms with van der Waals surface area (Å²) in [7, 11) is 0. The average Bonchev–Trinajstić information content (AvgIpc) is 2.93. The summed E-state index contributed by atoms with van der Waals surface area (Å²) in [6.45, 7) is 3.51. The monoisotopic (exact) mass is 319 g/mol. The molecule has 0 spiro atoms. The first-order chi connectivity index (χ1) is 10.6. The van der Waals surface area contributed by atoms with Crippen molar-refractivity contribution in [2.45, 2.75) is 31.9 Å². The van der Waals surface area contributed by atoms with Crippen LogP contribution in [0.1, 0.15) is 36.5 Å². The molecule has 1 N–H and O–H groups in total. The largest absolute Gasteiger partial charge is 0.416 e. The normalized spacial score (nSPS) is 10.5. The lowest BCUT2D eigenvalue weighted by atomic mass is 10.1. The van der Waals surface area contributed by atoms with E-state index in [9.17, 15) is 9.59 Å².